The maximum absolute atomic E-state index is 12.0. The monoisotopic (exact) mass is 322 g/mol. The second kappa shape index (κ2) is 10.7. The number of nitrogens with one attached hydrogen (secondary N) is 2. The molecule has 0 aromatic rings. The minimum atomic E-state index is 0.132. The molecule has 0 atom stereocenters. The highest BCUT2D eigenvalue weighted by Crippen LogP contribution is 2.27. The van der Waals surface area contributed by atoms with E-state index < -0.39 is 0 Å². The number of hydrogen-bond donors (Lipinski definition) is 2. The zero-order valence-electron chi connectivity index (χ0n) is 14.6. The number of carbonyl (C=O) groups excluding carboxylic acids is 2. The van der Waals surface area contributed by atoms with Crippen molar-refractivity contribution in [3.05, 3.63) is 0 Å². The van der Waals surface area contributed by atoms with E-state index in [2.05, 4.69) is 10.6 Å². The molecule has 132 valence electrons. The first-order chi connectivity index (χ1) is 11.3. The van der Waals surface area contributed by atoms with Gasteiger partial charge in [0.25, 0.3) is 0 Å². The number of carbonyl (C=O) groups is 2. The maximum Gasteiger partial charge on any atom is 0.223 e. The van der Waals surface area contributed by atoms with E-state index in [9.17, 15) is 9.59 Å². The molecule has 0 radical (unpaired) electrons. The van der Waals surface area contributed by atoms with Crippen molar-refractivity contribution >= 4 is 11.8 Å². The van der Waals surface area contributed by atoms with Gasteiger partial charge >= 0.3 is 0 Å². The van der Waals surface area contributed by atoms with Gasteiger partial charge < -0.3 is 10.6 Å². The Kier molecular flexibility index (Phi) is 8.48. The van der Waals surface area contributed by atoms with Crippen LogP contribution in [0.15, 0.2) is 0 Å². The fraction of sp³-hybridized carbons (Fsp3) is 0.895. The Labute approximate surface area is 141 Å². The molecule has 0 saturated heterocycles. The smallest absolute Gasteiger partial charge is 0.223 e. The van der Waals surface area contributed by atoms with E-state index in [1.807, 2.05) is 0 Å². The van der Waals surface area contributed by atoms with Crippen LogP contribution in [-0.2, 0) is 9.59 Å². The van der Waals surface area contributed by atoms with Crippen LogP contribution in [0, 0.1) is 11.8 Å². The zero-order valence-corrected chi connectivity index (χ0v) is 14.6. The van der Waals surface area contributed by atoms with E-state index in [0.29, 0.717) is 19.5 Å². The van der Waals surface area contributed by atoms with Crippen LogP contribution in [0.2, 0.25) is 0 Å². The van der Waals surface area contributed by atoms with Crippen LogP contribution >= 0.6 is 0 Å². The second-order valence-electron chi connectivity index (χ2n) is 7.37. The summed E-state index contributed by atoms with van der Waals surface area (Å²) in [7, 11) is 0. The highest BCUT2D eigenvalue weighted by Gasteiger charge is 2.20. The van der Waals surface area contributed by atoms with Gasteiger partial charge in [0, 0.05) is 25.4 Å². The Bertz CT molecular complexity index is 358. The molecule has 0 aromatic carbocycles. The third-order valence-electron chi connectivity index (χ3n) is 5.46. The van der Waals surface area contributed by atoms with Gasteiger partial charge in [-0.1, -0.05) is 51.4 Å². The molecule has 0 bridgehead atoms. The summed E-state index contributed by atoms with van der Waals surface area (Å²) in [5, 5.41) is 5.89. The van der Waals surface area contributed by atoms with Crippen LogP contribution in [0.25, 0.3) is 0 Å². The highest BCUT2D eigenvalue weighted by molar-refractivity contribution is 5.79. The van der Waals surface area contributed by atoms with Crippen molar-refractivity contribution in [2.75, 3.05) is 13.1 Å². The zero-order chi connectivity index (χ0) is 16.3. The average molecular weight is 322 g/mol. The van der Waals surface area contributed by atoms with Crippen molar-refractivity contribution in [1.29, 1.82) is 0 Å². The molecule has 23 heavy (non-hydrogen) atoms. The van der Waals surface area contributed by atoms with Crippen LogP contribution in [-0.4, -0.2) is 24.9 Å². The lowest BCUT2D eigenvalue weighted by molar-refractivity contribution is -0.126. The van der Waals surface area contributed by atoms with Gasteiger partial charge in [0.15, 0.2) is 0 Å². The normalized spacial score (nSPS) is 20.2. The minimum absolute atomic E-state index is 0.132. The van der Waals surface area contributed by atoms with E-state index >= 15 is 0 Å². The lowest BCUT2D eigenvalue weighted by Crippen LogP contribution is -2.38. The SMILES string of the molecule is O=C(CCCC1CCCCC1)NCCNC(=O)C1CCCCC1. The largest absolute Gasteiger partial charge is 0.354 e. The van der Waals surface area contributed by atoms with Crippen LogP contribution in [0.1, 0.15) is 83.5 Å². The molecule has 2 aliphatic carbocycles. The van der Waals surface area contributed by atoms with E-state index in [0.717, 1.165) is 25.2 Å². The van der Waals surface area contributed by atoms with Gasteiger partial charge in [-0.25, -0.2) is 0 Å². The summed E-state index contributed by atoms with van der Waals surface area (Å²) in [6, 6.07) is 0. The molecule has 2 rings (SSSR count). The molecule has 2 aliphatic rings. The molecular weight excluding hydrogens is 288 g/mol. The molecular formula is C19H34N2O2. The summed E-state index contributed by atoms with van der Waals surface area (Å²) in [5.74, 6) is 1.37. The highest BCUT2D eigenvalue weighted by atomic mass is 16.2. The summed E-state index contributed by atoms with van der Waals surface area (Å²) in [5.41, 5.74) is 0. The molecule has 2 saturated carbocycles. The average Bonchev–Trinajstić information content (AvgIpc) is 2.60. The number of amides is 2. The Morgan fingerprint density at radius 2 is 1.39 bits per heavy atom. The first kappa shape index (κ1) is 18.3. The van der Waals surface area contributed by atoms with Gasteiger partial charge in [-0.05, 0) is 31.6 Å². The Hall–Kier alpha value is -1.06. The lowest BCUT2D eigenvalue weighted by atomic mass is 9.86. The van der Waals surface area contributed by atoms with E-state index in [1.54, 1.807) is 0 Å². The van der Waals surface area contributed by atoms with Gasteiger partial charge in [0.05, 0.1) is 0 Å². The Morgan fingerprint density at radius 1 is 0.783 bits per heavy atom. The molecule has 0 heterocycles. The Morgan fingerprint density at radius 3 is 2.09 bits per heavy atom. The van der Waals surface area contributed by atoms with Gasteiger partial charge in [-0.2, -0.15) is 0 Å². The predicted molar refractivity (Wildman–Crippen MR) is 93.0 cm³/mol. The molecule has 0 unspecified atom stereocenters. The van der Waals surface area contributed by atoms with E-state index in [-0.39, 0.29) is 17.7 Å². The van der Waals surface area contributed by atoms with Gasteiger partial charge in [-0.15, -0.1) is 0 Å². The summed E-state index contributed by atoms with van der Waals surface area (Å²) in [4.78, 5) is 23.8. The van der Waals surface area contributed by atoms with Crippen molar-refractivity contribution in [3.63, 3.8) is 0 Å². The standard InChI is InChI=1S/C19H34N2O2/c22-18(13-7-10-16-8-3-1-4-9-16)20-14-15-21-19(23)17-11-5-2-6-12-17/h16-17H,1-15H2,(H,20,22)(H,21,23). The molecule has 2 fully saturated rings. The topological polar surface area (TPSA) is 58.2 Å². The summed E-state index contributed by atoms with van der Waals surface area (Å²) in [6.45, 7) is 1.12. The summed E-state index contributed by atoms with van der Waals surface area (Å²) < 4.78 is 0. The molecule has 0 aromatic heterocycles. The predicted octanol–water partition coefficient (Wildman–Crippen LogP) is 3.55. The van der Waals surface area contributed by atoms with Crippen molar-refractivity contribution in [3.8, 4) is 0 Å². The van der Waals surface area contributed by atoms with Crippen molar-refractivity contribution in [1.82, 2.24) is 10.6 Å². The minimum Gasteiger partial charge on any atom is -0.354 e. The molecule has 0 spiro atoms. The van der Waals surface area contributed by atoms with E-state index in [1.165, 1.54) is 57.8 Å². The van der Waals surface area contributed by atoms with Gasteiger partial charge in [0.1, 0.15) is 0 Å². The number of hydrogen-bond acceptors (Lipinski definition) is 2. The Balaban J connectivity index is 1.45. The van der Waals surface area contributed by atoms with Gasteiger partial charge in [-0.3, -0.25) is 9.59 Å². The van der Waals surface area contributed by atoms with E-state index in [4.69, 9.17) is 0 Å². The third kappa shape index (κ3) is 7.36. The molecule has 0 aliphatic heterocycles. The van der Waals surface area contributed by atoms with Crippen LogP contribution in [0.4, 0.5) is 0 Å². The van der Waals surface area contributed by atoms with Crippen molar-refractivity contribution in [2.45, 2.75) is 83.5 Å². The summed E-state index contributed by atoms with van der Waals surface area (Å²) in [6.07, 6.45) is 15.4. The van der Waals surface area contributed by atoms with Crippen molar-refractivity contribution < 1.29 is 9.59 Å². The second-order valence-corrected chi connectivity index (χ2v) is 7.37. The van der Waals surface area contributed by atoms with Crippen LogP contribution < -0.4 is 10.6 Å². The van der Waals surface area contributed by atoms with Crippen LogP contribution in [0.3, 0.4) is 0 Å². The first-order valence-electron chi connectivity index (χ1n) is 9.80. The molecule has 2 N–H and O–H groups in total. The number of rotatable bonds is 8. The quantitative estimate of drug-likeness (QED) is 0.671. The molecule has 2 amide bonds. The van der Waals surface area contributed by atoms with Crippen LogP contribution in [0.5, 0.6) is 0 Å². The fourth-order valence-electron chi connectivity index (χ4n) is 4.01. The summed E-state index contributed by atoms with van der Waals surface area (Å²) >= 11 is 0. The van der Waals surface area contributed by atoms with Gasteiger partial charge in [0.2, 0.25) is 11.8 Å². The maximum atomic E-state index is 12.0. The molecule has 4 nitrogen and oxygen atoms in total. The third-order valence-corrected chi connectivity index (χ3v) is 5.46. The fourth-order valence-corrected chi connectivity index (χ4v) is 4.01. The first-order valence-corrected chi connectivity index (χ1v) is 9.80. The molecule has 4 heteroatoms. The lowest BCUT2D eigenvalue weighted by Gasteiger charge is -2.21. The van der Waals surface area contributed by atoms with Crippen molar-refractivity contribution in [2.24, 2.45) is 11.8 Å².